The number of aryl methyl sites for hydroxylation is 1. The zero-order chi connectivity index (χ0) is 14.7. The van der Waals surface area contributed by atoms with Gasteiger partial charge < -0.3 is 14.4 Å². The van der Waals surface area contributed by atoms with Crippen LogP contribution in [0.3, 0.4) is 0 Å². The van der Waals surface area contributed by atoms with Gasteiger partial charge in [-0.1, -0.05) is 23.2 Å². The topological polar surface area (TPSA) is 64.4 Å². The Morgan fingerprint density at radius 3 is 2.85 bits per heavy atom. The van der Waals surface area contributed by atoms with E-state index in [1.54, 1.807) is 6.20 Å². The van der Waals surface area contributed by atoms with Crippen LogP contribution in [0.1, 0.15) is 23.1 Å². The van der Waals surface area contributed by atoms with Crippen molar-refractivity contribution in [1.82, 2.24) is 9.55 Å². The van der Waals surface area contributed by atoms with Crippen molar-refractivity contribution in [2.24, 2.45) is 0 Å². The number of aromatic carboxylic acids is 1. The van der Waals surface area contributed by atoms with Gasteiger partial charge in [-0.15, -0.1) is 0 Å². The number of imidazole rings is 1. The van der Waals surface area contributed by atoms with Crippen molar-refractivity contribution in [3.8, 4) is 5.75 Å². The summed E-state index contributed by atoms with van der Waals surface area (Å²) >= 11 is 11.8. The van der Waals surface area contributed by atoms with E-state index in [0.29, 0.717) is 5.82 Å². The summed E-state index contributed by atoms with van der Waals surface area (Å²) in [6.07, 6.45) is 3.48. The minimum atomic E-state index is -1.15. The molecule has 0 spiro atoms. The van der Waals surface area contributed by atoms with E-state index < -0.39 is 5.97 Å². The van der Waals surface area contributed by atoms with E-state index in [0.717, 1.165) is 6.54 Å². The highest BCUT2D eigenvalue weighted by molar-refractivity contribution is 6.36. The van der Waals surface area contributed by atoms with E-state index in [-0.39, 0.29) is 28.0 Å². The van der Waals surface area contributed by atoms with Gasteiger partial charge in [-0.2, -0.15) is 0 Å². The molecule has 0 saturated carbocycles. The summed E-state index contributed by atoms with van der Waals surface area (Å²) in [5.74, 6) is -0.368. The van der Waals surface area contributed by atoms with Crippen LogP contribution in [0, 0.1) is 0 Å². The smallest absolute Gasteiger partial charge is 0.339 e. The number of benzene rings is 1. The second kappa shape index (κ2) is 6.15. The van der Waals surface area contributed by atoms with E-state index in [9.17, 15) is 4.79 Å². The molecule has 0 unspecified atom stereocenters. The van der Waals surface area contributed by atoms with Crippen molar-refractivity contribution >= 4 is 29.2 Å². The number of ether oxygens (including phenoxy) is 1. The second-order valence-corrected chi connectivity index (χ2v) is 4.83. The highest BCUT2D eigenvalue weighted by atomic mass is 35.5. The molecule has 0 atom stereocenters. The number of halogens is 2. The van der Waals surface area contributed by atoms with Crippen LogP contribution in [0.2, 0.25) is 10.0 Å². The van der Waals surface area contributed by atoms with E-state index in [4.69, 9.17) is 33.0 Å². The highest BCUT2D eigenvalue weighted by Crippen LogP contribution is 2.33. The van der Waals surface area contributed by atoms with Gasteiger partial charge in [0, 0.05) is 24.0 Å². The number of rotatable bonds is 5. The van der Waals surface area contributed by atoms with Crippen LogP contribution >= 0.6 is 23.2 Å². The van der Waals surface area contributed by atoms with Crippen LogP contribution in [-0.2, 0) is 13.2 Å². The molecule has 0 aliphatic rings. The van der Waals surface area contributed by atoms with Gasteiger partial charge in [-0.25, -0.2) is 9.78 Å². The number of nitrogens with zero attached hydrogens (tertiary/aromatic N) is 2. The molecule has 2 aromatic rings. The minimum Gasteiger partial charge on any atom is -0.483 e. The molecule has 2 rings (SSSR count). The van der Waals surface area contributed by atoms with E-state index in [1.807, 2.05) is 17.7 Å². The van der Waals surface area contributed by atoms with Gasteiger partial charge in [0.1, 0.15) is 18.0 Å². The molecule has 1 aromatic carbocycles. The lowest BCUT2D eigenvalue weighted by molar-refractivity contribution is 0.0691. The lowest BCUT2D eigenvalue weighted by Gasteiger charge is -2.12. The molecule has 7 heteroatoms. The maximum Gasteiger partial charge on any atom is 0.339 e. The van der Waals surface area contributed by atoms with Gasteiger partial charge in [-0.3, -0.25) is 0 Å². The maximum absolute atomic E-state index is 11.2. The average molecular weight is 315 g/mol. The quantitative estimate of drug-likeness (QED) is 0.917. The first-order valence-corrected chi connectivity index (χ1v) is 6.63. The molecule has 20 heavy (non-hydrogen) atoms. The van der Waals surface area contributed by atoms with Crippen LogP contribution in [0.15, 0.2) is 24.5 Å². The van der Waals surface area contributed by atoms with E-state index >= 15 is 0 Å². The SMILES string of the molecule is CCn1ccnc1COc1c(Cl)cc(Cl)cc1C(=O)O. The summed E-state index contributed by atoms with van der Waals surface area (Å²) in [7, 11) is 0. The zero-order valence-corrected chi connectivity index (χ0v) is 12.1. The minimum absolute atomic E-state index is 0.0721. The summed E-state index contributed by atoms with van der Waals surface area (Å²) in [6, 6.07) is 2.74. The normalized spacial score (nSPS) is 10.6. The summed E-state index contributed by atoms with van der Waals surface area (Å²) in [5.41, 5.74) is -0.0721. The standard InChI is InChI=1S/C13H12Cl2N2O3/c1-2-17-4-3-16-11(17)7-20-12-9(13(18)19)5-8(14)6-10(12)15/h3-6H,2,7H2,1H3,(H,18,19). The third-order valence-electron chi connectivity index (χ3n) is 2.73. The predicted octanol–water partition coefficient (Wildman–Crippen LogP) is 3.49. The monoisotopic (exact) mass is 314 g/mol. The summed E-state index contributed by atoms with van der Waals surface area (Å²) in [5, 5.41) is 9.56. The molecule has 1 heterocycles. The Balaban J connectivity index is 2.27. The molecule has 0 radical (unpaired) electrons. The van der Waals surface area contributed by atoms with Gasteiger partial charge in [0.15, 0.2) is 5.75 Å². The van der Waals surface area contributed by atoms with Crippen LogP contribution < -0.4 is 4.74 Å². The first kappa shape index (κ1) is 14.7. The number of carboxylic acids is 1. The lowest BCUT2D eigenvalue weighted by Crippen LogP contribution is -2.08. The molecule has 106 valence electrons. The molecule has 0 aliphatic carbocycles. The Bertz CT molecular complexity index is 641. The number of carbonyl (C=O) groups is 1. The first-order valence-electron chi connectivity index (χ1n) is 5.88. The van der Waals surface area contributed by atoms with Crippen molar-refractivity contribution in [2.75, 3.05) is 0 Å². The number of aromatic nitrogens is 2. The van der Waals surface area contributed by atoms with Crippen molar-refractivity contribution < 1.29 is 14.6 Å². The van der Waals surface area contributed by atoms with E-state index in [2.05, 4.69) is 4.98 Å². The Kier molecular flexibility index (Phi) is 4.52. The Labute approximate surface area is 125 Å². The van der Waals surface area contributed by atoms with Gasteiger partial charge >= 0.3 is 5.97 Å². The summed E-state index contributed by atoms with van der Waals surface area (Å²) < 4.78 is 7.41. The third-order valence-corrected chi connectivity index (χ3v) is 3.23. The molecule has 0 saturated heterocycles. The van der Waals surface area contributed by atoms with Crippen molar-refractivity contribution in [2.45, 2.75) is 20.1 Å². The molecule has 0 amide bonds. The molecule has 1 aromatic heterocycles. The van der Waals surface area contributed by atoms with Gasteiger partial charge in [0.05, 0.1) is 5.02 Å². The third kappa shape index (κ3) is 3.05. The summed E-state index contributed by atoms with van der Waals surface area (Å²) in [6.45, 7) is 2.85. The molecule has 5 nitrogen and oxygen atoms in total. The average Bonchev–Trinajstić information content (AvgIpc) is 2.84. The maximum atomic E-state index is 11.2. The van der Waals surface area contributed by atoms with Gasteiger partial charge in [-0.05, 0) is 19.1 Å². The largest absolute Gasteiger partial charge is 0.483 e. The molecule has 0 aliphatic heterocycles. The van der Waals surface area contributed by atoms with E-state index in [1.165, 1.54) is 12.1 Å². The Morgan fingerprint density at radius 1 is 1.45 bits per heavy atom. The fourth-order valence-corrected chi connectivity index (χ4v) is 2.32. The van der Waals surface area contributed by atoms with Crippen molar-refractivity contribution in [3.05, 3.63) is 46.0 Å². The number of carboxylic acid groups (broad SMARTS) is 1. The fourth-order valence-electron chi connectivity index (χ4n) is 1.77. The van der Waals surface area contributed by atoms with Crippen LogP contribution in [0.5, 0.6) is 5.75 Å². The van der Waals surface area contributed by atoms with Crippen LogP contribution in [0.25, 0.3) is 0 Å². The van der Waals surface area contributed by atoms with Crippen molar-refractivity contribution in [3.63, 3.8) is 0 Å². The molecular weight excluding hydrogens is 303 g/mol. The predicted molar refractivity (Wildman–Crippen MR) is 75.7 cm³/mol. The van der Waals surface area contributed by atoms with Gasteiger partial charge in [0.25, 0.3) is 0 Å². The molecule has 1 N–H and O–H groups in total. The lowest BCUT2D eigenvalue weighted by atomic mass is 10.2. The van der Waals surface area contributed by atoms with Crippen LogP contribution in [-0.4, -0.2) is 20.6 Å². The van der Waals surface area contributed by atoms with Gasteiger partial charge in [0.2, 0.25) is 0 Å². The van der Waals surface area contributed by atoms with Crippen molar-refractivity contribution in [1.29, 1.82) is 0 Å². The second-order valence-electron chi connectivity index (χ2n) is 3.99. The first-order chi connectivity index (χ1) is 9.52. The molecule has 0 fully saturated rings. The highest BCUT2D eigenvalue weighted by Gasteiger charge is 2.17. The molecule has 0 bridgehead atoms. The summed E-state index contributed by atoms with van der Waals surface area (Å²) in [4.78, 5) is 15.3. The molecular formula is C13H12Cl2N2O3. The zero-order valence-electron chi connectivity index (χ0n) is 10.6. The number of hydrogen-bond acceptors (Lipinski definition) is 3. The Morgan fingerprint density at radius 2 is 2.20 bits per heavy atom. The Hall–Kier alpha value is -1.72. The van der Waals surface area contributed by atoms with Crippen LogP contribution in [0.4, 0.5) is 0 Å². The number of hydrogen-bond donors (Lipinski definition) is 1. The fraction of sp³-hybridized carbons (Fsp3) is 0.231.